The van der Waals surface area contributed by atoms with Gasteiger partial charge in [0.1, 0.15) is 0 Å². The number of aliphatic hydroxyl groups is 1. The molecule has 0 saturated heterocycles. The van der Waals surface area contributed by atoms with Crippen molar-refractivity contribution in [2.75, 3.05) is 6.61 Å². The van der Waals surface area contributed by atoms with Crippen molar-refractivity contribution in [1.82, 2.24) is 4.90 Å². The molecule has 1 rings (SSSR count). The summed E-state index contributed by atoms with van der Waals surface area (Å²) in [5.41, 5.74) is 0. The Morgan fingerprint density at radius 2 is 2.23 bits per heavy atom. The van der Waals surface area contributed by atoms with Crippen molar-refractivity contribution in [3.8, 4) is 0 Å². The highest BCUT2D eigenvalue weighted by atomic mass is 16.3. The Hall–Kier alpha value is -1.16. The van der Waals surface area contributed by atoms with E-state index in [4.69, 9.17) is 5.11 Å². The normalized spacial score (nSPS) is 25.2. The first kappa shape index (κ1) is 9.92. The highest BCUT2D eigenvalue weighted by Crippen LogP contribution is 2.12. The molecule has 0 bridgehead atoms. The Morgan fingerprint density at radius 3 is 2.77 bits per heavy atom. The second-order valence-electron chi connectivity index (χ2n) is 3.20. The molecule has 1 aliphatic heterocycles. The Labute approximate surface area is 76.8 Å². The minimum Gasteiger partial charge on any atom is -0.394 e. The van der Waals surface area contributed by atoms with E-state index in [-0.39, 0.29) is 12.6 Å². The zero-order valence-corrected chi connectivity index (χ0v) is 7.73. The van der Waals surface area contributed by atoms with Crippen LogP contribution in [0.15, 0.2) is 12.3 Å². The van der Waals surface area contributed by atoms with Gasteiger partial charge in [0.05, 0.1) is 12.6 Å². The molecule has 0 fully saturated rings. The monoisotopic (exact) mass is 183 g/mol. The third-order valence-corrected chi connectivity index (χ3v) is 2.24. The first-order valence-electron chi connectivity index (χ1n) is 4.22. The standard InChI is InChI=1S/C9H13NO3/c1-6(5-11)10-4-3-8(12)9(13)7(10)2/h3-4,6-7,11H,5H2,1-2H3/t6-,7?/m0/s1. The summed E-state index contributed by atoms with van der Waals surface area (Å²) in [6.45, 7) is 3.43. The van der Waals surface area contributed by atoms with Crippen LogP contribution in [0.1, 0.15) is 13.8 Å². The third-order valence-electron chi connectivity index (χ3n) is 2.24. The molecule has 2 atom stereocenters. The minimum atomic E-state index is -0.464. The van der Waals surface area contributed by atoms with Gasteiger partial charge in [-0.05, 0) is 13.8 Å². The van der Waals surface area contributed by atoms with E-state index in [1.54, 1.807) is 24.9 Å². The number of allylic oxidation sites excluding steroid dienone is 1. The molecule has 1 N–H and O–H groups in total. The van der Waals surface area contributed by atoms with E-state index in [0.717, 1.165) is 0 Å². The van der Waals surface area contributed by atoms with E-state index >= 15 is 0 Å². The molecular formula is C9H13NO3. The smallest absolute Gasteiger partial charge is 0.225 e. The molecule has 0 saturated carbocycles. The number of rotatable bonds is 2. The number of carbonyl (C=O) groups excluding carboxylic acids is 2. The highest BCUT2D eigenvalue weighted by Gasteiger charge is 2.29. The fourth-order valence-electron chi connectivity index (χ4n) is 1.33. The molecule has 4 heteroatoms. The van der Waals surface area contributed by atoms with Gasteiger partial charge in [-0.2, -0.15) is 0 Å². The number of ketones is 2. The summed E-state index contributed by atoms with van der Waals surface area (Å²) < 4.78 is 0. The van der Waals surface area contributed by atoms with Gasteiger partial charge in [0, 0.05) is 18.3 Å². The lowest BCUT2D eigenvalue weighted by Crippen LogP contribution is -2.47. The van der Waals surface area contributed by atoms with Crippen LogP contribution >= 0.6 is 0 Å². The second kappa shape index (κ2) is 3.70. The van der Waals surface area contributed by atoms with Gasteiger partial charge in [0.2, 0.25) is 11.6 Å². The number of carbonyl (C=O) groups is 2. The highest BCUT2D eigenvalue weighted by molar-refractivity contribution is 6.43. The van der Waals surface area contributed by atoms with Crippen LogP contribution in [-0.4, -0.2) is 40.3 Å². The van der Waals surface area contributed by atoms with Crippen molar-refractivity contribution < 1.29 is 14.7 Å². The molecule has 0 aromatic carbocycles. The van der Waals surface area contributed by atoms with E-state index in [1.165, 1.54) is 6.08 Å². The van der Waals surface area contributed by atoms with Crippen molar-refractivity contribution >= 4 is 11.6 Å². The number of hydrogen-bond donors (Lipinski definition) is 1. The van der Waals surface area contributed by atoms with E-state index in [9.17, 15) is 9.59 Å². The molecule has 0 aromatic heterocycles. The molecule has 0 amide bonds. The molecule has 0 spiro atoms. The lowest BCUT2D eigenvalue weighted by Gasteiger charge is -2.33. The predicted molar refractivity (Wildman–Crippen MR) is 47.0 cm³/mol. The maximum Gasteiger partial charge on any atom is 0.225 e. The summed E-state index contributed by atoms with van der Waals surface area (Å²) >= 11 is 0. The van der Waals surface area contributed by atoms with Gasteiger partial charge in [-0.1, -0.05) is 0 Å². The minimum absolute atomic E-state index is 0.0316. The third kappa shape index (κ3) is 1.78. The molecular weight excluding hydrogens is 170 g/mol. The Balaban J connectivity index is 2.84. The average molecular weight is 183 g/mol. The summed E-state index contributed by atoms with van der Waals surface area (Å²) in [5, 5.41) is 8.89. The zero-order chi connectivity index (χ0) is 10.0. The van der Waals surface area contributed by atoms with Gasteiger partial charge in [-0.25, -0.2) is 0 Å². The average Bonchev–Trinajstić information content (AvgIpc) is 2.13. The van der Waals surface area contributed by atoms with Crippen molar-refractivity contribution in [1.29, 1.82) is 0 Å². The van der Waals surface area contributed by atoms with Gasteiger partial charge < -0.3 is 10.0 Å². The van der Waals surface area contributed by atoms with E-state index in [0.29, 0.717) is 0 Å². The van der Waals surface area contributed by atoms with Crippen molar-refractivity contribution in [2.45, 2.75) is 25.9 Å². The lowest BCUT2D eigenvalue weighted by atomic mass is 10.0. The first-order valence-corrected chi connectivity index (χ1v) is 4.22. The fraction of sp³-hybridized carbons (Fsp3) is 0.556. The van der Waals surface area contributed by atoms with Crippen LogP contribution < -0.4 is 0 Å². The van der Waals surface area contributed by atoms with Crippen LogP contribution in [0, 0.1) is 0 Å². The van der Waals surface area contributed by atoms with Crippen LogP contribution in [0.25, 0.3) is 0 Å². The molecule has 0 radical (unpaired) electrons. The first-order chi connectivity index (χ1) is 6.07. The summed E-state index contributed by atoms with van der Waals surface area (Å²) in [7, 11) is 0. The molecule has 0 aromatic rings. The maximum atomic E-state index is 11.2. The van der Waals surface area contributed by atoms with E-state index in [1.807, 2.05) is 0 Å². The van der Waals surface area contributed by atoms with Crippen LogP contribution in [0.3, 0.4) is 0 Å². The van der Waals surface area contributed by atoms with Gasteiger partial charge in [0.15, 0.2) is 0 Å². The SMILES string of the molecule is CC1C(=O)C(=O)C=CN1[C@@H](C)CO. The topological polar surface area (TPSA) is 57.6 Å². The Kier molecular flexibility index (Phi) is 2.83. The second-order valence-corrected chi connectivity index (χ2v) is 3.20. The summed E-state index contributed by atoms with van der Waals surface area (Å²) in [6.07, 6.45) is 2.81. The summed E-state index contributed by atoms with van der Waals surface area (Å²) in [5.74, 6) is -0.878. The number of aliphatic hydroxyl groups excluding tert-OH is 1. The molecule has 72 valence electrons. The van der Waals surface area contributed by atoms with Crippen LogP contribution in [0.2, 0.25) is 0 Å². The van der Waals surface area contributed by atoms with Crippen LogP contribution in [-0.2, 0) is 9.59 Å². The molecule has 1 aliphatic rings. The van der Waals surface area contributed by atoms with Crippen molar-refractivity contribution in [3.05, 3.63) is 12.3 Å². The fourth-order valence-corrected chi connectivity index (χ4v) is 1.33. The lowest BCUT2D eigenvalue weighted by molar-refractivity contribution is -0.137. The molecule has 1 unspecified atom stereocenters. The Bertz CT molecular complexity index is 260. The number of hydrogen-bond acceptors (Lipinski definition) is 4. The molecule has 0 aliphatic carbocycles. The zero-order valence-electron chi connectivity index (χ0n) is 7.73. The van der Waals surface area contributed by atoms with Crippen molar-refractivity contribution in [2.24, 2.45) is 0 Å². The molecule has 1 heterocycles. The van der Waals surface area contributed by atoms with Crippen LogP contribution in [0.4, 0.5) is 0 Å². The number of nitrogens with zero attached hydrogens (tertiary/aromatic N) is 1. The number of Topliss-reactive ketones (excluding diaryl/α,β-unsaturated/α-hetero) is 1. The van der Waals surface area contributed by atoms with Gasteiger partial charge >= 0.3 is 0 Å². The summed E-state index contributed by atoms with van der Waals surface area (Å²) in [4.78, 5) is 23.9. The Morgan fingerprint density at radius 1 is 1.62 bits per heavy atom. The maximum absolute atomic E-state index is 11.2. The predicted octanol–water partition coefficient (Wildman–Crippen LogP) is -0.277. The van der Waals surface area contributed by atoms with Gasteiger partial charge in [0.25, 0.3) is 0 Å². The van der Waals surface area contributed by atoms with E-state index in [2.05, 4.69) is 0 Å². The summed E-state index contributed by atoms with van der Waals surface area (Å²) in [6, 6.07) is -0.594. The molecule has 13 heavy (non-hydrogen) atoms. The molecule has 4 nitrogen and oxygen atoms in total. The largest absolute Gasteiger partial charge is 0.394 e. The van der Waals surface area contributed by atoms with Gasteiger partial charge in [-0.3, -0.25) is 9.59 Å². The van der Waals surface area contributed by atoms with Gasteiger partial charge in [-0.15, -0.1) is 0 Å². The van der Waals surface area contributed by atoms with Crippen LogP contribution in [0.5, 0.6) is 0 Å². The van der Waals surface area contributed by atoms with E-state index < -0.39 is 17.6 Å². The quantitative estimate of drug-likeness (QED) is 0.598. The van der Waals surface area contributed by atoms with Crippen molar-refractivity contribution in [3.63, 3.8) is 0 Å².